The van der Waals surface area contributed by atoms with E-state index in [4.69, 9.17) is 9.47 Å². The largest absolute Gasteiger partial charge is 0.444 e. The maximum atomic E-state index is 12.8. The zero-order valence-corrected chi connectivity index (χ0v) is 27.0. The van der Waals surface area contributed by atoms with Crippen molar-refractivity contribution < 1.29 is 28.7 Å². The number of thioether (sulfide) groups is 2. The topological polar surface area (TPSA) is 126 Å². The number of benzene rings is 2. The molecule has 2 aromatic carbocycles. The van der Waals surface area contributed by atoms with Crippen molar-refractivity contribution >= 4 is 58.9 Å². The molecule has 0 saturated heterocycles. The van der Waals surface area contributed by atoms with E-state index < -0.39 is 35.5 Å². The Morgan fingerprint density at radius 1 is 0.884 bits per heavy atom. The predicted octanol–water partition coefficient (Wildman–Crippen LogP) is 5.83. The number of carbonyl (C=O) groups is 4. The number of rotatable bonds is 4. The van der Waals surface area contributed by atoms with Crippen LogP contribution >= 0.6 is 23.5 Å². The minimum atomic E-state index is -0.637. The van der Waals surface area contributed by atoms with Gasteiger partial charge < -0.3 is 30.3 Å². The lowest BCUT2D eigenvalue weighted by Gasteiger charge is -2.26. The molecule has 0 radical (unpaired) electrons. The van der Waals surface area contributed by atoms with Crippen molar-refractivity contribution in [3.8, 4) is 0 Å². The van der Waals surface area contributed by atoms with E-state index in [-0.39, 0.29) is 11.8 Å². The molecule has 2 aliphatic rings. The van der Waals surface area contributed by atoms with E-state index in [1.807, 2.05) is 48.5 Å². The quantitative estimate of drug-likeness (QED) is 0.361. The molecule has 2 atom stereocenters. The number of para-hydroxylation sites is 2. The third-order valence-electron chi connectivity index (χ3n) is 5.69. The van der Waals surface area contributed by atoms with Gasteiger partial charge in [-0.05, 0) is 65.8 Å². The van der Waals surface area contributed by atoms with Crippen molar-refractivity contribution in [2.75, 3.05) is 28.3 Å². The Hall–Kier alpha value is -3.64. The van der Waals surface area contributed by atoms with Gasteiger partial charge in [0.25, 0.3) is 5.91 Å². The molecule has 2 aromatic rings. The van der Waals surface area contributed by atoms with E-state index in [2.05, 4.69) is 22.5 Å². The molecular formula is C31H40N4O6S2. The first-order valence-electron chi connectivity index (χ1n) is 13.8. The van der Waals surface area contributed by atoms with E-state index in [0.29, 0.717) is 18.1 Å². The summed E-state index contributed by atoms with van der Waals surface area (Å²) in [6.45, 7) is 14.8. The summed E-state index contributed by atoms with van der Waals surface area (Å²) in [5.74, 6) is 0.548. The van der Waals surface area contributed by atoms with Crippen LogP contribution in [0, 0.1) is 0 Å². The third-order valence-corrected chi connectivity index (χ3v) is 8.01. The number of nitrogens with zero attached hydrogens (tertiary/aromatic N) is 1. The number of amides is 4. The molecule has 43 heavy (non-hydrogen) atoms. The second-order valence-electron chi connectivity index (χ2n) is 11.7. The Kier molecular flexibility index (Phi) is 11.6. The molecule has 0 aromatic heterocycles. The Morgan fingerprint density at radius 2 is 1.40 bits per heavy atom. The summed E-state index contributed by atoms with van der Waals surface area (Å²) in [7, 11) is 0. The minimum Gasteiger partial charge on any atom is -0.444 e. The molecule has 0 aliphatic carbocycles. The lowest BCUT2D eigenvalue weighted by molar-refractivity contribution is -0.120. The zero-order valence-electron chi connectivity index (χ0n) is 25.4. The first kappa shape index (κ1) is 33.9. The molecule has 3 N–H and O–H groups in total. The van der Waals surface area contributed by atoms with Gasteiger partial charge in [-0.3, -0.25) is 9.59 Å². The fourth-order valence-corrected chi connectivity index (χ4v) is 6.05. The first-order chi connectivity index (χ1) is 20.2. The number of hydrogen-bond acceptors (Lipinski definition) is 8. The molecule has 2 unspecified atom stereocenters. The highest BCUT2D eigenvalue weighted by Gasteiger charge is 2.32. The molecule has 12 heteroatoms. The van der Waals surface area contributed by atoms with Gasteiger partial charge in [0.2, 0.25) is 5.91 Å². The van der Waals surface area contributed by atoms with Gasteiger partial charge in [-0.15, -0.1) is 30.1 Å². The van der Waals surface area contributed by atoms with Crippen LogP contribution in [0.2, 0.25) is 0 Å². The van der Waals surface area contributed by atoms with Crippen molar-refractivity contribution in [1.82, 2.24) is 10.6 Å². The lowest BCUT2D eigenvalue weighted by atomic mass is 10.2. The average molecular weight is 629 g/mol. The van der Waals surface area contributed by atoms with Crippen LogP contribution in [-0.2, 0) is 19.1 Å². The number of fused-ring (bicyclic) bond motifs is 2. The smallest absolute Gasteiger partial charge is 0.408 e. The van der Waals surface area contributed by atoms with Gasteiger partial charge in [0.05, 0.1) is 11.4 Å². The number of hydrogen-bond donors (Lipinski definition) is 3. The van der Waals surface area contributed by atoms with Gasteiger partial charge in [-0.25, -0.2) is 9.59 Å². The van der Waals surface area contributed by atoms with E-state index in [1.165, 1.54) is 11.8 Å². The highest BCUT2D eigenvalue weighted by Crippen LogP contribution is 2.34. The summed E-state index contributed by atoms with van der Waals surface area (Å²) >= 11 is 3.07. The van der Waals surface area contributed by atoms with Crippen molar-refractivity contribution in [2.24, 2.45) is 0 Å². The molecule has 4 rings (SSSR count). The second kappa shape index (κ2) is 14.7. The normalized spacial score (nSPS) is 18.2. The van der Waals surface area contributed by atoms with E-state index in [1.54, 1.807) is 64.3 Å². The monoisotopic (exact) mass is 628 g/mol. The number of ether oxygens (including phenoxy) is 2. The molecule has 2 heterocycles. The molecule has 4 amide bonds. The summed E-state index contributed by atoms with van der Waals surface area (Å²) in [5.41, 5.74) is 0.433. The standard InChI is InChI=1S/C17H22N2O3S.C14H18N2O3S/c1-5-10-19-13-8-6-7-9-14(13)23-11-12(15(19)20)18-16(21)22-17(2,3)4;1-14(2,3)19-13(18)16-10-8-20-11-7-5-4-6-9(11)15-12(10)17/h5-9,12H,1,10-11H2,2-4H3,(H,18,21);4-7,10H,8H2,1-3H3,(H,15,17)(H,16,18). The van der Waals surface area contributed by atoms with Crippen LogP contribution in [0.5, 0.6) is 0 Å². The number of alkyl carbamates (subject to hydrolysis) is 2. The number of anilines is 2. The van der Waals surface area contributed by atoms with Crippen molar-refractivity contribution in [1.29, 1.82) is 0 Å². The number of nitrogens with one attached hydrogen (secondary N) is 3. The highest BCUT2D eigenvalue weighted by atomic mass is 32.2. The predicted molar refractivity (Wildman–Crippen MR) is 172 cm³/mol. The summed E-state index contributed by atoms with van der Waals surface area (Å²) in [6.07, 6.45) is 0.514. The summed E-state index contributed by atoms with van der Waals surface area (Å²) in [6, 6.07) is 14.0. The minimum absolute atomic E-state index is 0.159. The second-order valence-corrected chi connectivity index (χ2v) is 13.8. The molecule has 232 valence electrons. The van der Waals surface area contributed by atoms with Crippen molar-refractivity contribution in [2.45, 2.75) is 74.6 Å². The zero-order chi connectivity index (χ0) is 31.8. The van der Waals surface area contributed by atoms with Crippen LogP contribution in [0.15, 0.2) is 71.0 Å². The van der Waals surface area contributed by atoms with Gasteiger partial charge in [-0.2, -0.15) is 0 Å². The van der Waals surface area contributed by atoms with Gasteiger partial charge in [0.1, 0.15) is 23.3 Å². The third kappa shape index (κ3) is 10.5. The van der Waals surface area contributed by atoms with Crippen LogP contribution in [0.1, 0.15) is 41.5 Å². The number of carbonyl (C=O) groups excluding carboxylic acids is 4. The summed E-state index contributed by atoms with van der Waals surface area (Å²) in [4.78, 5) is 52.2. The van der Waals surface area contributed by atoms with E-state index in [9.17, 15) is 19.2 Å². The maximum Gasteiger partial charge on any atom is 0.408 e. The Labute approximate surface area is 261 Å². The van der Waals surface area contributed by atoms with Gasteiger partial charge in [0.15, 0.2) is 0 Å². The molecular weight excluding hydrogens is 588 g/mol. The van der Waals surface area contributed by atoms with E-state index >= 15 is 0 Å². The molecule has 0 fully saturated rings. The van der Waals surface area contributed by atoms with Gasteiger partial charge >= 0.3 is 12.2 Å². The Balaban J connectivity index is 0.000000238. The SMILES string of the molecule is C=CCN1C(=O)C(NC(=O)OC(C)(C)C)CSc2ccccc21.CC(C)(C)OC(=O)NC1CSc2ccccc2NC1=O. The van der Waals surface area contributed by atoms with Crippen LogP contribution in [0.25, 0.3) is 0 Å². The lowest BCUT2D eigenvalue weighted by Crippen LogP contribution is -2.50. The van der Waals surface area contributed by atoms with Crippen LogP contribution in [0.3, 0.4) is 0 Å². The highest BCUT2D eigenvalue weighted by molar-refractivity contribution is 7.99. The Bertz CT molecular complexity index is 1340. The van der Waals surface area contributed by atoms with Crippen LogP contribution in [-0.4, -0.2) is 65.3 Å². The first-order valence-corrected chi connectivity index (χ1v) is 15.8. The fourth-order valence-electron chi connectivity index (χ4n) is 3.95. The molecule has 0 spiro atoms. The Morgan fingerprint density at radius 3 is 2.00 bits per heavy atom. The molecule has 0 saturated carbocycles. The summed E-state index contributed by atoms with van der Waals surface area (Å²) in [5, 5.41) is 8.10. The molecule has 2 aliphatic heterocycles. The van der Waals surface area contributed by atoms with Crippen LogP contribution < -0.4 is 20.9 Å². The summed E-state index contributed by atoms with van der Waals surface area (Å²) < 4.78 is 10.4. The fraction of sp³-hybridized carbons (Fsp3) is 0.419. The van der Waals surface area contributed by atoms with Gasteiger partial charge in [0, 0.05) is 27.8 Å². The van der Waals surface area contributed by atoms with Crippen molar-refractivity contribution in [3.05, 3.63) is 61.2 Å². The maximum absolute atomic E-state index is 12.8. The van der Waals surface area contributed by atoms with Crippen molar-refractivity contribution in [3.63, 3.8) is 0 Å². The molecule has 0 bridgehead atoms. The van der Waals surface area contributed by atoms with Crippen LogP contribution in [0.4, 0.5) is 21.0 Å². The van der Waals surface area contributed by atoms with E-state index in [0.717, 1.165) is 21.2 Å². The molecule has 10 nitrogen and oxygen atoms in total. The average Bonchev–Trinajstić information content (AvgIpc) is 3.13. The van der Waals surface area contributed by atoms with Gasteiger partial charge in [-0.1, -0.05) is 30.3 Å².